The van der Waals surface area contributed by atoms with Gasteiger partial charge in [0.15, 0.2) is 0 Å². The Hall–Kier alpha value is -2.30. The summed E-state index contributed by atoms with van der Waals surface area (Å²) in [6, 6.07) is 8.97. The molecule has 5 heteroatoms. The normalized spacial score (nSPS) is 23.1. The summed E-state index contributed by atoms with van der Waals surface area (Å²) in [6.07, 6.45) is 6.79. The maximum absolute atomic E-state index is 11.1. The Morgan fingerprint density at radius 3 is 2.59 bits per heavy atom. The highest BCUT2D eigenvalue weighted by molar-refractivity contribution is 5.35. The van der Waals surface area contributed by atoms with E-state index in [1.165, 1.54) is 6.08 Å². The summed E-state index contributed by atoms with van der Waals surface area (Å²) < 4.78 is 0. The van der Waals surface area contributed by atoms with Crippen LogP contribution in [0.25, 0.3) is 0 Å². The van der Waals surface area contributed by atoms with Crippen molar-refractivity contribution in [2.75, 3.05) is 0 Å². The summed E-state index contributed by atoms with van der Waals surface area (Å²) in [5, 5.41) is 18.9. The quantitative estimate of drug-likeness (QED) is 0.453. The fourth-order valence-corrected chi connectivity index (χ4v) is 1.48. The summed E-state index contributed by atoms with van der Waals surface area (Å²) in [7, 11) is 0. The number of hydrogen-bond acceptors (Lipinski definition) is 4. The van der Waals surface area contributed by atoms with E-state index in [9.17, 15) is 10.1 Å². The molecule has 0 aromatic heterocycles. The van der Waals surface area contributed by atoms with E-state index in [4.69, 9.17) is 0 Å². The van der Waals surface area contributed by atoms with Gasteiger partial charge in [0.05, 0.1) is 17.0 Å². The van der Waals surface area contributed by atoms with Gasteiger partial charge in [-0.05, 0) is 12.1 Å². The summed E-state index contributed by atoms with van der Waals surface area (Å²) in [6.45, 7) is 0. The SMILES string of the molecule is O=[N+]([O-])C1(/N=N/c2ccccc2)C=CC=CC1. The Morgan fingerprint density at radius 1 is 1.24 bits per heavy atom. The van der Waals surface area contributed by atoms with Crippen LogP contribution in [0.3, 0.4) is 0 Å². The van der Waals surface area contributed by atoms with Crippen molar-refractivity contribution in [3.8, 4) is 0 Å². The van der Waals surface area contributed by atoms with E-state index in [0.717, 1.165) is 0 Å². The first-order valence-electron chi connectivity index (χ1n) is 5.20. The van der Waals surface area contributed by atoms with Gasteiger partial charge in [0.1, 0.15) is 0 Å². The monoisotopic (exact) mass is 229 g/mol. The highest BCUT2D eigenvalue weighted by Crippen LogP contribution is 2.25. The Morgan fingerprint density at radius 2 is 2.00 bits per heavy atom. The minimum Gasteiger partial charge on any atom is -0.262 e. The van der Waals surface area contributed by atoms with Crippen LogP contribution in [0, 0.1) is 10.1 Å². The van der Waals surface area contributed by atoms with Gasteiger partial charge in [-0.3, -0.25) is 10.1 Å². The van der Waals surface area contributed by atoms with Crippen molar-refractivity contribution in [2.45, 2.75) is 12.1 Å². The van der Waals surface area contributed by atoms with E-state index < -0.39 is 10.6 Å². The van der Waals surface area contributed by atoms with E-state index in [0.29, 0.717) is 5.69 Å². The molecule has 0 heterocycles. The Balaban J connectivity index is 2.25. The molecule has 17 heavy (non-hydrogen) atoms. The van der Waals surface area contributed by atoms with Crippen LogP contribution in [0.5, 0.6) is 0 Å². The van der Waals surface area contributed by atoms with Crippen LogP contribution in [-0.4, -0.2) is 10.6 Å². The number of azo groups is 1. The average molecular weight is 229 g/mol. The molecule has 1 unspecified atom stereocenters. The Kier molecular flexibility index (Phi) is 3.09. The Labute approximate surface area is 98.3 Å². The first-order chi connectivity index (χ1) is 8.23. The molecule has 0 bridgehead atoms. The van der Waals surface area contributed by atoms with E-state index in [-0.39, 0.29) is 6.42 Å². The molecule has 0 aliphatic heterocycles. The van der Waals surface area contributed by atoms with Gasteiger partial charge in [-0.15, -0.1) is 10.2 Å². The van der Waals surface area contributed by atoms with Crippen molar-refractivity contribution in [3.63, 3.8) is 0 Å². The first-order valence-corrected chi connectivity index (χ1v) is 5.20. The predicted molar refractivity (Wildman–Crippen MR) is 63.6 cm³/mol. The standard InChI is InChI=1S/C12H11N3O2/c16-15(17)12(9-5-2-6-10-12)14-13-11-7-3-1-4-8-11/h1-9H,10H2/b14-13+. The number of allylic oxidation sites excluding steroid dienone is 2. The van der Waals surface area contributed by atoms with Gasteiger partial charge >= 0.3 is 5.66 Å². The zero-order valence-corrected chi connectivity index (χ0v) is 9.06. The van der Waals surface area contributed by atoms with Gasteiger partial charge in [-0.2, -0.15) is 0 Å². The van der Waals surface area contributed by atoms with E-state index in [1.807, 2.05) is 18.2 Å². The highest BCUT2D eigenvalue weighted by Gasteiger charge is 2.40. The van der Waals surface area contributed by atoms with Gasteiger partial charge in [0.2, 0.25) is 0 Å². The van der Waals surface area contributed by atoms with Gasteiger partial charge in [0.25, 0.3) is 0 Å². The third-order valence-electron chi connectivity index (χ3n) is 2.44. The molecule has 0 amide bonds. The van der Waals surface area contributed by atoms with Crippen LogP contribution in [-0.2, 0) is 0 Å². The lowest BCUT2D eigenvalue weighted by atomic mass is 10.0. The lowest BCUT2D eigenvalue weighted by molar-refractivity contribution is -0.553. The van der Waals surface area contributed by atoms with Crippen molar-refractivity contribution in [1.82, 2.24) is 0 Å². The van der Waals surface area contributed by atoms with Crippen LogP contribution < -0.4 is 0 Å². The van der Waals surface area contributed by atoms with Crippen molar-refractivity contribution in [3.05, 3.63) is 64.8 Å². The number of hydrogen-bond donors (Lipinski definition) is 0. The maximum atomic E-state index is 11.1. The Bertz CT molecular complexity index is 494. The predicted octanol–water partition coefficient (Wildman–Crippen LogP) is 3.26. The van der Waals surface area contributed by atoms with Crippen molar-refractivity contribution >= 4 is 5.69 Å². The van der Waals surface area contributed by atoms with Crippen molar-refractivity contribution in [1.29, 1.82) is 0 Å². The van der Waals surface area contributed by atoms with Gasteiger partial charge in [-0.1, -0.05) is 36.4 Å². The fourth-order valence-electron chi connectivity index (χ4n) is 1.48. The van der Waals surface area contributed by atoms with E-state index >= 15 is 0 Å². The van der Waals surface area contributed by atoms with E-state index in [2.05, 4.69) is 10.2 Å². The van der Waals surface area contributed by atoms with Crippen molar-refractivity contribution in [2.24, 2.45) is 10.2 Å². The molecule has 0 saturated heterocycles. The fraction of sp³-hybridized carbons (Fsp3) is 0.167. The zero-order chi connectivity index (χ0) is 12.1. The van der Waals surface area contributed by atoms with Gasteiger partial charge < -0.3 is 0 Å². The molecule has 1 atom stereocenters. The van der Waals surface area contributed by atoms with Crippen LogP contribution >= 0.6 is 0 Å². The number of rotatable bonds is 3. The summed E-state index contributed by atoms with van der Waals surface area (Å²) in [5.41, 5.74) is -0.846. The average Bonchev–Trinajstić information content (AvgIpc) is 2.38. The van der Waals surface area contributed by atoms with E-state index in [1.54, 1.807) is 30.4 Å². The summed E-state index contributed by atoms with van der Waals surface area (Å²) in [5.74, 6) is 0. The molecule has 1 aliphatic rings. The van der Waals surface area contributed by atoms with Crippen LogP contribution in [0.15, 0.2) is 64.9 Å². The number of nitro groups is 1. The molecule has 2 rings (SSSR count). The largest absolute Gasteiger partial charge is 0.352 e. The van der Waals surface area contributed by atoms with Crippen LogP contribution in [0.2, 0.25) is 0 Å². The highest BCUT2D eigenvalue weighted by atomic mass is 16.6. The summed E-state index contributed by atoms with van der Waals surface area (Å²) >= 11 is 0. The molecule has 1 aliphatic carbocycles. The molecule has 0 radical (unpaired) electrons. The minimum atomic E-state index is -1.45. The topological polar surface area (TPSA) is 67.9 Å². The van der Waals surface area contributed by atoms with Gasteiger partial charge in [-0.25, -0.2) is 0 Å². The van der Waals surface area contributed by atoms with Crippen LogP contribution in [0.4, 0.5) is 5.69 Å². The lowest BCUT2D eigenvalue weighted by Crippen LogP contribution is -2.33. The molecule has 86 valence electrons. The second kappa shape index (κ2) is 4.69. The molecule has 1 aromatic carbocycles. The molecular formula is C12H11N3O2. The van der Waals surface area contributed by atoms with Crippen molar-refractivity contribution < 1.29 is 4.92 Å². The molecule has 1 aromatic rings. The number of nitrogens with zero attached hydrogens (tertiary/aromatic N) is 3. The molecular weight excluding hydrogens is 218 g/mol. The third kappa shape index (κ3) is 2.44. The smallest absolute Gasteiger partial charge is 0.262 e. The zero-order valence-electron chi connectivity index (χ0n) is 9.06. The molecule has 0 fully saturated rings. The lowest BCUT2D eigenvalue weighted by Gasteiger charge is -2.15. The summed E-state index contributed by atoms with van der Waals surface area (Å²) in [4.78, 5) is 10.6. The van der Waals surface area contributed by atoms with Gasteiger partial charge in [0, 0.05) is 6.08 Å². The molecule has 0 saturated carbocycles. The second-order valence-corrected chi connectivity index (χ2v) is 3.66. The first kappa shape index (κ1) is 11.2. The number of benzene rings is 1. The maximum Gasteiger partial charge on any atom is 0.352 e. The third-order valence-corrected chi connectivity index (χ3v) is 2.44. The van der Waals surface area contributed by atoms with Crippen LogP contribution in [0.1, 0.15) is 6.42 Å². The second-order valence-electron chi connectivity index (χ2n) is 3.66. The minimum absolute atomic E-state index is 0.229. The molecule has 0 N–H and O–H groups in total. The molecule has 0 spiro atoms. The molecule has 5 nitrogen and oxygen atoms in total.